The van der Waals surface area contributed by atoms with E-state index < -0.39 is 11.4 Å². The van der Waals surface area contributed by atoms with Crippen molar-refractivity contribution in [2.75, 3.05) is 5.32 Å². The highest BCUT2D eigenvalue weighted by molar-refractivity contribution is 6.01. The second-order valence-electron chi connectivity index (χ2n) is 6.11. The molecular weight excluding hydrogens is 306 g/mol. The van der Waals surface area contributed by atoms with E-state index in [0.717, 1.165) is 11.3 Å². The molecule has 1 aromatic rings. The Labute approximate surface area is 140 Å². The zero-order valence-electron chi connectivity index (χ0n) is 13.9. The molecule has 0 aliphatic carbocycles. The monoisotopic (exact) mass is 327 g/mol. The third-order valence-electron chi connectivity index (χ3n) is 3.69. The summed E-state index contributed by atoms with van der Waals surface area (Å²) in [6, 6.07) is 5.45. The molecule has 1 heterocycles. The third kappa shape index (κ3) is 3.45. The standard InChI is InChI=1S/C17H21N5O2/c1-9(18)13(15(19)23)8-20-10(2)21-11-5-6-12-14(7-11)17(3,4)22-16(12)24/h5-8H,1,18H2,2-4H3,(H2,19,23)(H,20,21)(H,22,24)/b13-8+. The van der Waals surface area contributed by atoms with Crippen LogP contribution in [-0.4, -0.2) is 17.6 Å². The number of hydrogen-bond acceptors (Lipinski definition) is 4. The first-order valence-corrected chi connectivity index (χ1v) is 7.35. The van der Waals surface area contributed by atoms with Crippen LogP contribution in [0.25, 0.3) is 0 Å². The van der Waals surface area contributed by atoms with Crippen molar-refractivity contribution >= 4 is 23.3 Å². The number of fused-ring (bicyclic) bond motifs is 1. The predicted octanol–water partition coefficient (Wildman–Crippen LogP) is 1.34. The van der Waals surface area contributed by atoms with Crippen molar-refractivity contribution in [1.82, 2.24) is 5.32 Å². The molecule has 126 valence electrons. The van der Waals surface area contributed by atoms with Crippen molar-refractivity contribution in [3.05, 3.63) is 53.4 Å². The number of amidine groups is 1. The summed E-state index contributed by atoms with van der Waals surface area (Å²) in [6.07, 6.45) is 1.27. The Morgan fingerprint density at radius 1 is 1.38 bits per heavy atom. The fourth-order valence-corrected chi connectivity index (χ4v) is 2.46. The molecule has 0 bridgehead atoms. The Morgan fingerprint density at radius 3 is 2.62 bits per heavy atom. The second-order valence-corrected chi connectivity index (χ2v) is 6.11. The number of nitrogens with zero attached hydrogens (tertiary/aromatic N) is 1. The van der Waals surface area contributed by atoms with E-state index in [2.05, 4.69) is 22.2 Å². The van der Waals surface area contributed by atoms with E-state index in [1.807, 2.05) is 19.9 Å². The van der Waals surface area contributed by atoms with Crippen LogP contribution >= 0.6 is 0 Å². The molecular formula is C17H21N5O2. The number of aliphatic imine (C=N–C) groups is 1. The molecule has 0 fully saturated rings. The normalized spacial score (nSPS) is 16.4. The van der Waals surface area contributed by atoms with Gasteiger partial charge in [-0.3, -0.25) is 9.59 Å². The Morgan fingerprint density at radius 2 is 2.04 bits per heavy atom. The molecule has 2 amide bonds. The average molecular weight is 327 g/mol. The molecule has 1 aliphatic rings. The van der Waals surface area contributed by atoms with Gasteiger partial charge in [0, 0.05) is 23.1 Å². The van der Waals surface area contributed by atoms with Crippen molar-refractivity contribution < 1.29 is 9.59 Å². The minimum atomic E-state index is -0.692. The lowest BCUT2D eigenvalue weighted by molar-refractivity contribution is -0.114. The summed E-state index contributed by atoms with van der Waals surface area (Å²) in [5.74, 6) is -0.240. The maximum absolute atomic E-state index is 11.9. The topological polar surface area (TPSA) is 123 Å². The number of anilines is 1. The fraction of sp³-hybridized carbons (Fsp3) is 0.235. The van der Waals surface area contributed by atoms with Crippen LogP contribution in [0.2, 0.25) is 0 Å². The van der Waals surface area contributed by atoms with Crippen molar-refractivity contribution in [1.29, 1.82) is 0 Å². The van der Waals surface area contributed by atoms with Crippen LogP contribution in [0.1, 0.15) is 36.7 Å². The van der Waals surface area contributed by atoms with Gasteiger partial charge in [0.25, 0.3) is 11.8 Å². The van der Waals surface area contributed by atoms with E-state index in [0.29, 0.717) is 11.4 Å². The Hall–Kier alpha value is -3.09. The molecule has 2 rings (SSSR count). The maximum atomic E-state index is 11.9. The van der Waals surface area contributed by atoms with Gasteiger partial charge in [0.1, 0.15) is 5.84 Å². The van der Waals surface area contributed by atoms with Crippen molar-refractivity contribution in [3.63, 3.8) is 0 Å². The average Bonchev–Trinajstić information content (AvgIpc) is 2.68. The largest absolute Gasteiger partial charge is 0.399 e. The van der Waals surface area contributed by atoms with Crippen LogP contribution in [0, 0.1) is 0 Å². The molecule has 0 saturated carbocycles. The maximum Gasteiger partial charge on any atom is 0.252 e. The van der Waals surface area contributed by atoms with Crippen LogP contribution in [0.4, 0.5) is 5.69 Å². The van der Waals surface area contributed by atoms with Gasteiger partial charge in [-0.25, -0.2) is 4.99 Å². The summed E-state index contributed by atoms with van der Waals surface area (Å²) in [7, 11) is 0. The summed E-state index contributed by atoms with van der Waals surface area (Å²) in [6.45, 7) is 9.09. The Bertz CT molecular complexity index is 774. The van der Waals surface area contributed by atoms with E-state index >= 15 is 0 Å². The van der Waals surface area contributed by atoms with Gasteiger partial charge in [0.2, 0.25) is 0 Å². The van der Waals surface area contributed by atoms with Crippen molar-refractivity contribution in [2.45, 2.75) is 26.3 Å². The first kappa shape index (κ1) is 17.3. The smallest absolute Gasteiger partial charge is 0.252 e. The molecule has 0 aromatic heterocycles. The van der Waals surface area contributed by atoms with Gasteiger partial charge in [0.15, 0.2) is 0 Å². The molecule has 1 aliphatic heterocycles. The Balaban J connectivity index is 2.25. The summed E-state index contributed by atoms with van der Waals surface area (Å²) in [5.41, 5.74) is 12.7. The quantitative estimate of drug-likeness (QED) is 0.288. The molecule has 6 N–H and O–H groups in total. The minimum absolute atomic E-state index is 0.0565. The summed E-state index contributed by atoms with van der Waals surface area (Å²) >= 11 is 0. The summed E-state index contributed by atoms with van der Waals surface area (Å²) < 4.78 is 0. The highest BCUT2D eigenvalue weighted by atomic mass is 16.2. The highest BCUT2D eigenvalue weighted by Gasteiger charge is 2.34. The van der Waals surface area contributed by atoms with Gasteiger partial charge < -0.3 is 22.1 Å². The number of benzene rings is 1. The fourth-order valence-electron chi connectivity index (χ4n) is 2.46. The van der Waals surface area contributed by atoms with Crippen LogP contribution in [0.3, 0.4) is 0 Å². The van der Waals surface area contributed by atoms with E-state index in [-0.39, 0.29) is 17.2 Å². The van der Waals surface area contributed by atoms with Gasteiger partial charge >= 0.3 is 0 Å². The van der Waals surface area contributed by atoms with Crippen LogP contribution in [0.15, 0.2) is 47.2 Å². The minimum Gasteiger partial charge on any atom is -0.399 e. The number of hydrogen-bond donors (Lipinski definition) is 4. The number of rotatable bonds is 4. The Kier molecular flexibility index (Phi) is 4.45. The lowest BCUT2D eigenvalue weighted by Gasteiger charge is -2.19. The first-order chi connectivity index (χ1) is 11.1. The summed E-state index contributed by atoms with van der Waals surface area (Å²) in [5, 5.41) is 6.02. The summed E-state index contributed by atoms with van der Waals surface area (Å²) in [4.78, 5) is 27.2. The molecule has 7 heteroatoms. The molecule has 7 nitrogen and oxygen atoms in total. The SMILES string of the molecule is C=C(N)/C(=C\N=C(/C)Nc1ccc2c(c1)C(C)(C)NC2=O)C(N)=O. The number of carbonyl (C=O) groups is 2. The van der Waals surface area contributed by atoms with Crippen LogP contribution < -0.4 is 22.1 Å². The second kappa shape index (κ2) is 6.19. The van der Waals surface area contributed by atoms with E-state index in [4.69, 9.17) is 11.5 Å². The number of primary amides is 1. The molecule has 0 radical (unpaired) electrons. The highest BCUT2D eigenvalue weighted by Crippen LogP contribution is 2.32. The molecule has 1 aromatic carbocycles. The van der Waals surface area contributed by atoms with Gasteiger partial charge in [-0.15, -0.1) is 0 Å². The van der Waals surface area contributed by atoms with E-state index in [9.17, 15) is 9.59 Å². The zero-order chi connectivity index (χ0) is 18.1. The van der Waals surface area contributed by atoms with Crippen molar-refractivity contribution in [2.24, 2.45) is 16.5 Å². The van der Waals surface area contributed by atoms with Gasteiger partial charge in [-0.05, 0) is 44.5 Å². The van der Waals surface area contributed by atoms with Crippen molar-refractivity contribution in [3.8, 4) is 0 Å². The third-order valence-corrected chi connectivity index (χ3v) is 3.69. The zero-order valence-corrected chi connectivity index (χ0v) is 13.9. The van der Waals surface area contributed by atoms with Gasteiger partial charge in [0.05, 0.1) is 11.1 Å². The van der Waals surface area contributed by atoms with Crippen LogP contribution in [0.5, 0.6) is 0 Å². The molecule has 0 unspecified atom stereocenters. The lowest BCUT2D eigenvalue weighted by atomic mass is 9.94. The molecule has 24 heavy (non-hydrogen) atoms. The number of amides is 2. The van der Waals surface area contributed by atoms with E-state index in [1.165, 1.54) is 6.20 Å². The number of nitrogens with two attached hydrogens (primary N) is 2. The van der Waals surface area contributed by atoms with Gasteiger partial charge in [-0.2, -0.15) is 0 Å². The lowest BCUT2D eigenvalue weighted by Crippen LogP contribution is -2.32. The first-order valence-electron chi connectivity index (χ1n) is 7.35. The molecule has 0 saturated heterocycles. The molecule has 0 spiro atoms. The van der Waals surface area contributed by atoms with E-state index in [1.54, 1.807) is 19.1 Å². The molecule has 0 atom stereocenters. The van der Waals surface area contributed by atoms with Crippen LogP contribution in [-0.2, 0) is 10.3 Å². The predicted molar refractivity (Wildman–Crippen MR) is 94.3 cm³/mol. The number of carbonyl (C=O) groups excluding carboxylic acids is 2. The van der Waals surface area contributed by atoms with Gasteiger partial charge in [-0.1, -0.05) is 6.58 Å². The number of nitrogens with one attached hydrogen (secondary N) is 2.